The Morgan fingerprint density at radius 2 is 1.28 bits per heavy atom. The summed E-state index contributed by atoms with van der Waals surface area (Å²) in [7, 11) is 0. The number of ether oxygens (including phenoxy) is 1. The van der Waals surface area contributed by atoms with Crippen molar-refractivity contribution in [2.75, 3.05) is 0 Å². The summed E-state index contributed by atoms with van der Waals surface area (Å²) >= 11 is 0. The summed E-state index contributed by atoms with van der Waals surface area (Å²) in [6, 6.07) is 27.7. The molecule has 0 fully saturated rings. The zero-order chi connectivity index (χ0) is 33.2. The van der Waals surface area contributed by atoms with Gasteiger partial charge in [0.15, 0.2) is 18.9 Å². The van der Waals surface area contributed by atoms with Gasteiger partial charge in [-0.05, 0) is 77.8 Å². The average Bonchev–Trinajstić information content (AvgIpc) is 3.12. The number of hydrogen-bond acceptors (Lipinski definition) is 2. The van der Waals surface area contributed by atoms with Gasteiger partial charge in [-0.25, -0.2) is 10.4 Å². The quantitative estimate of drug-likeness (QED) is 0.0751. The number of allylic oxidation sites excluding steroid dienone is 1. The van der Waals surface area contributed by atoms with Crippen LogP contribution in [-0.2, 0) is 12.0 Å². The van der Waals surface area contributed by atoms with E-state index in [4.69, 9.17) is 4.74 Å². The monoisotopic (exact) mass is 623 g/mol. The van der Waals surface area contributed by atoms with Gasteiger partial charge >= 0.3 is 0 Å². The van der Waals surface area contributed by atoms with E-state index in [9.17, 15) is 10.7 Å². The molecule has 4 aromatic rings. The molecule has 0 saturated heterocycles. The number of aromatic nitrogens is 1. The number of benzene rings is 3. The second-order valence-electron chi connectivity index (χ2n) is 13.2. The molecule has 0 spiro atoms. The molecule has 4 heteroatoms. The third-order valence-corrected chi connectivity index (χ3v) is 10.1. The van der Waals surface area contributed by atoms with E-state index in [1.807, 2.05) is 36.2 Å². The number of nitriles is 1. The van der Waals surface area contributed by atoms with E-state index in [1.54, 1.807) is 0 Å². The largest absolute Gasteiger partial charge is 0.762 e. The maximum atomic E-state index is 9.32. The number of nitrogens with zero attached hydrogens (tertiary/aromatic N) is 3. The van der Waals surface area contributed by atoms with E-state index < -0.39 is 0 Å². The Morgan fingerprint density at radius 1 is 0.745 bits per heavy atom. The molecule has 0 radical (unpaired) electrons. The highest BCUT2D eigenvalue weighted by molar-refractivity contribution is 5.98. The van der Waals surface area contributed by atoms with Crippen LogP contribution in [0, 0.1) is 17.2 Å². The lowest BCUT2D eigenvalue weighted by Crippen LogP contribution is -2.36. The lowest BCUT2D eigenvalue weighted by atomic mass is 9.65. The minimum atomic E-state index is -0.161. The van der Waals surface area contributed by atoms with Crippen molar-refractivity contribution in [2.24, 2.45) is 5.92 Å². The van der Waals surface area contributed by atoms with Crippen LogP contribution in [0.15, 0.2) is 85.2 Å². The Balaban J connectivity index is 1.55. The fraction of sp³-hybridized carbons (Fsp3) is 0.395. The van der Waals surface area contributed by atoms with Crippen LogP contribution in [0.25, 0.3) is 33.2 Å². The molecule has 5 rings (SSSR count). The van der Waals surface area contributed by atoms with Crippen LogP contribution in [0.5, 0.6) is 11.5 Å². The van der Waals surface area contributed by atoms with Gasteiger partial charge in [0, 0.05) is 34.6 Å². The summed E-state index contributed by atoms with van der Waals surface area (Å²) in [5, 5.41) is 18.6. The molecule has 1 aliphatic rings. The predicted octanol–water partition coefficient (Wildman–Crippen LogP) is 11.4. The molecule has 0 amide bonds. The molecule has 2 heterocycles. The zero-order valence-corrected chi connectivity index (χ0v) is 28.7. The van der Waals surface area contributed by atoms with E-state index in [0.717, 1.165) is 73.6 Å². The van der Waals surface area contributed by atoms with Gasteiger partial charge in [-0.3, -0.25) is 0 Å². The first-order chi connectivity index (χ1) is 23.0. The normalized spacial score (nSPS) is 13.4. The molecule has 1 aliphatic heterocycles. The number of unbranched alkanes of at least 4 members (excludes halogenated alkanes) is 3. The Morgan fingerprint density at radius 3 is 1.77 bits per heavy atom. The van der Waals surface area contributed by atoms with Crippen molar-refractivity contribution in [3.05, 3.63) is 107 Å². The third kappa shape index (κ3) is 7.43. The molecule has 242 valence electrons. The van der Waals surface area contributed by atoms with Crippen LogP contribution >= 0.6 is 0 Å². The van der Waals surface area contributed by atoms with Crippen LogP contribution in [-0.4, -0.2) is 5.87 Å². The molecule has 0 bridgehead atoms. The van der Waals surface area contributed by atoms with Crippen LogP contribution < -0.4 is 9.30 Å². The summed E-state index contributed by atoms with van der Waals surface area (Å²) in [5.74, 6) is 4.63. The summed E-state index contributed by atoms with van der Waals surface area (Å²) in [6.07, 6.45) is 16.2. The Labute approximate surface area is 282 Å². The number of fused-ring (bicyclic) bond motifs is 2. The minimum absolute atomic E-state index is 0.131. The Hall–Kier alpha value is -4.45. The average molecular weight is 624 g/mol. The number of pyridine rings is 1. The van der Waals surface area contributed by atoms with Gasteiger partial charge in [0.2, 0.25) is 0 Å². The van der Waals surface area contributed by atoms with E-state index >= 15 is 0 Å². The predicted molar refractivity (Wildman–Crippen MR) is 195 cm³/mol. The Bertz CT molecular complexity index is 1730. The lowest BCUT2D eigenvalue weighted by molar-refractivity contribution is -0.703. The highest BCUT2D eigenvalue weighted by atomic mass is 16.5. The van der Waals surface area contributed by atoms with E-state index in [1.165, 1.54) is 47.9 Å². The van der Waals surface area contributed by atoms with Gasteiger partial charge in [0.25, 0.3) is 0 Å². The maximum absolute atomic E-state index is 9.32. The van der Waals surface area contributed by atoms with E-state index in [-0.39, 0.29) is 11.0 Å². The van der Waals surface area contributed by atoms with Crippen LogP contribution in [0.4, 0.5) is 0 Å². The minimum Gasteiger partial charge on any atom is -0.762 e. The fourth-order valence-corrected chi connectivity index (χ4v) is 7.20. The molecule has 0 saturated carbocycles. The molecule has 0 N–H and O–H groups in total. The molecule has 47 heavy (non-hydrogen) atoms. The second-order valence-corrected chi connectivity index (χ2v) is 13.2. The SMILES string of the molecule is CCCCC(CC)C[n+]1ccc(-c2ccc3c(c2)C(CCCC)(CCCC)c2cc(-c4ccc(C(=C=[N-])C#N)cc4)ccc2O3)cc1. The summed E-state index contributed by atoms with van der Waals surface area (Å²) in [6.45, 7) is 10.2. The van der Waals surface area contributed by atoms with Gasteiger partial charge < -0.3 is 10.1 Å². The van der Waals surface area contributed by atoms with Crippen molar-refractivity contribution in [3.63, 3.8) is 0 Å². The maximum Gasteiger partial charge on any atom is 0.169 e. The zero-order valence-electron chi connectivity index (χ0n) is 28.7. The number of hydrogen-bond donors (Lipinski definition) is 0. The second kappa shape index (κ2) is 15.9. The lowest BCUT2D eigenvalue weighted by Gasteiger charge is -2.41. The summed E-state index contributed by atoms with van der Waals surface area (Å²) in [4.78, 5) is 0. The third-order valence-electron chi connectivity index (χ3n) is 10.1. The molecule has 1 aromatic heterocycles. The Kier molecular flexibility index (Phi) is 11.5. The molecule has 3 aromatic carbocycles. The first-order valence-electron chi connectivity index (χ1n) is 17.7. The standard InChI is InChI=1S/C43H49N3O/c1-5-9-12-32(8-4)31-46-25-21-35(22-26-46)37-18-20-42-40(28-37)43(23-10-6-2,24-11-7-3)39-27-36(17-19-41(39)47-42)33-13-15-34(16-14-33)38(29-44)30-45/h13-22,25-28,32H,5-12,23-24,31H2,1-4H3. The molecule has 1 unspecified atom stereocenters. The molecule has 1 atom stereocenters. The molecular formula is C43H49N3O. The van der Waals surface area contributed by atoms with E-state index in [0.29, 0.717) is 5.56 Å². The van der Waals surface area contributed by atoms with Gasteiger partial charge in [0.1, 0.15) is 17.6 Å². The van der Waals surface area contributed by atoms with Gasteiger partial charge in [-0.15, -0.1) is 0 Å². The van der Waals surface area contributed by atoms with Crippen LogP contribution in [0.1, 0.15) is 109 Å². The first-order valence-corrected chi connectivity index (χ1v) is 17.7. The summed E-state index contributed by atoms with van der Waals surface area (Å²) in [5.41, 5.74) is 7.81. The summed E-state index contributed by atoms with van der Waals surface area (Å²) < 4.78 is 9.03. The van der Waals surface area contributed by atoms with Gasteiger partial charge in [0.05, 0.1) is 5.57 Å². The smallest absolute Gasteiger partial charge is 0.169 e. The topological polar surface area (TPSA) is 59.2 Å². The van der Waals surface area contributed by atoms with Crippen LogP contribution in [0.2, 0.25) is 0 Å². The highest BCUT2D eigenvalue weighted by Gasteiger charge is 2.41. The van der Waals surface area contributed by atoms with Crippen molar-refractivity contribution >= 4 is 11.4 Å². The van der Waals surface area contributed by atoms with Crippen molar-refractivity contribution in [1.29, 1.82) is 5.26 Å². The van der Waals surface area contributed by atoms with Crippen molar-refractivity contribution < 1.29 is 9.30 Å². The van der Waals surface area contributed by atoms with Crippen molar-refractivity contribution in [2.45, 2.75) is 104 Å². The first kappa shape index (κ1) is 33.9. The number of rotatable bonds is 15. The molecule has 0 aliphatic carbocycles. The highest BCUT2D eigenvalue weighted by Crippen LogP contribution is 2.54. The molecule has 4 nitrogen and oxygen atoms in total. The van der Waals surface area contributed by atoms with Gasteiger partial charge in [-0.2, -0.15) is 5.26 Å². The van der Waals surface area contributed by atoms with Crippen LogP contribution in [0.3, 0.4) is 0 Å². The van der Waals surface area contributed by atoms with Gasteiger partial charge in [-0.1, -0.05) is 103 Å². The fourth-order valence-electron chi connectivity index (χ4n) is 7.20. The van der Waals surface area contributed by atoms with Crippen molar-refractivity contribution in [1.82, 2.24) is 0 Å². The van der Waals surface area contributed by atoms with E-state index in [2.05, 4.69) is 93.2 Å². The van der Waals surface area contributed by atoms with Crippen molar-refractivity contribution in [3.8, 4) is 39.8 Å². The molecular weight excluding hydrogens is 574 g/mol.